The van der Waals surface area contributed by atoms with Crippen LogP contribution in [0.3, 0.4) is 0 Å². The molecule has 2 fully saturated rings. The maximum atomic E-state index is 14.1. The number of likely N-dealkylation sites (tertiary alicyclic amines) is 2. The molecule has 31 heavy (non-hydrogen) atoms. The molecule has 1 aromatic carbocycles. The minimum Gasteiger partial charge on any atom is -0.339 e. The van der Waals surface area contributed by atoms with Crippen molar-refractivity contribution >= 4 is 40.5 Å². The first-order valence-electron chi connectivity index (χ1n) is 10.5. The van der Waals surface area contributed by atoms with Crippen LogP contribution < -0.4 is 0 Å². The second-order valence-electron chi connectivity index (χ2n) is 8.23. The maximum absolute atomic E-state index is 14.1. The van der Waals surface area contributed by atoms with Crippen LogP contribution in [0.1, 0.15) is 51.8 Å². The van der Waals surface area contributed by atoms with Gasteiger partial charge in [0.1, 0.15) is 5.82 Å². The van der Waals surface area contributed by atoms with Crippen LogP contribution in [-0.2, 0) is 11.2 Å². The Hall–Kier alpha value is -2.25. The predicted octanol–water partition coefficient (Wildman–Crippen LogP) is 4.44. The van der Waals surface area contributed by atoms with E-state index in [9.17, 15) is 18.8 Å². The topological polar surface area (TPSA) is 57.7 Å². The van der Waals surface area contributed by atoms with Crippen molar-refractivity contribution in [1.29, 1.82) is 0 Å². The highest BCUT2D eigenvalue weighted by atomic mass is 35.5. The molecule has 2 atom stereocenters. The summed E-state index contributed by atoms with van der Waals surface area (Å²) >= 11 is 7.40. The molecule has 2 aromatic rings. The zero-order valence-corrected chi connectivity index (χ0v) is 18.8. The molecule has 164 valence electrons. The summed E-state index contributed by atoms with van der Waals surface area (Å²) < 4.78 is 14.1. The summed E-state index contributed by atoms with van der Waals surface area (Å²) in [5.41, 5.74) is 0.786. The van der Waals surface area contributed by atoms with E-state index in [-0.39, 0.29) is 46.6 Å². The zero-order valence-electron chi connectivity index (χ0n) is 17.3. The van der Waals surface area contributed by atoms with E-state index in [1.165, 1.54) is 30.4 Å². The van der Waals surface area contributed by atoms with Crippen LogP contribution in [0.25, 0.3) is 0 Å². The van der Waals surface area contributed by atoms with E-state index in [1.54, 1.807) is 17.5 Å². The number of ketones is 1. The summed E-state index contributed by atoms with van der Waals surface area (Å²) in [5.74, 6) is -0.499. The highest BCUT2D eigenvalue weighted by Gasteiger charge is 2.39. The fourth-order valence-electron chi connectivity index (χ4n) is 4.67. The number of hydrogen-bond donors (Lipinski definition) is 0. The maximum Gasteiger partial charge on any atom is 0.254 e. The Labute approximate surface area is 189 Å². The van der Waals surface area contributed by atoms with Gasteiger partial charge in [-0.3, -0.25) is 14.4 Å². The molecule has 0 spiro atoms. The fraction of sp³-hybridized carbons (Fsp3) is 0.435. The van der Waals surface area contributed by atoms with Gasteiger partial charge in [-0.1, -0.05) is 17.7 Å². The number of benzene rings is 1. The normalized spacial score (nSPS) is 21.0. The lowest BCUT2D eigenvalue weighted by atomic mass is 9.83. The lowest BCUT2D eigenvalue weighted by Gasteiger charge is -2.47. The molecule has 2 amide bonds. The molecular formula is C23H24ClFN2O3S. The monoisotopic (exact) mass is 462 g/mol. The zero-order chi connectivity index (χ0) is 22.1. The van der Waals surface area contributed by atoms with Gasteiger partial charge in [-0.2, -0.15) is 0 Å². The summed E-state index contributed by atoms with van der Waals surface area (Å²) in [5, 5.41) is 2.00. The number of amides is 2. The Balaban J connectivity index is 1.43. The molecule has 2 aliphatic heterocycles. The first-order chi connectivity index (χ1) is 14.8. The minimum atomic E-state index is -0.462. The Morgan fingerprint density at radius 3 is 2.74 bits per heavy atom. The quantitative estimate of drug-likeness (QED) is 0.631. The van der Waals surface area contributed by atoms with Crippen LogP contribution in [0.4, 0.5) is 4.39 Å². The Kier molecular flexibility index (Phi) is 6.44. The lowest BCUT2D eigenvalue weighted by molar-refractivity contribution is -0.137. The number of rotatable bonds is 4. The summed E-state index contributed by atoms with van der Waals surface area (Å²) in [6, 6.07) is 6.15. The van der Waals surface area contributed by atoms with Gasteiger partial charge in [0.15, 0.2) is 5.78 Å². The van der Waals surface area contributed by atoms with E-state index in [1.807, 2.05) is 9.80 Å². The van der Waals surface area contributed by atoms with Gasteiger partial charge in [0, 0.05) is 41.6 Å². The number of hydrogen-bond acceptors (Lipinski definition) is 4. The third-order valence-electron chi connectivity index (χ3n) is 6.26. The van der Waals surface area contributed by atoms with Crippen molar-refractivity contribution in [3.8, 4) is 0 Å². The van der Waals surface area contributed by atoms with Crippen molar-refractivity contribution in [3.05, 3.63) is 56.5 Å². The van der Waals surface area contributed by atoms with Crippen molar-refractivity contribution in [2.45, 2.75) is 38.6 Å². The number of carbonyl (C=O) groups is 3. The summed E-state index contributed by atoms with van der Waals surface area (Å²) in [6.07, 6.45) is 2.44. The number of piperidine rings is 2. The summed E-state index contributed by atoms with van der Waals surface area (Å²) in [7, 11) is 0. The van der Waals surface area contributed by atoms with Crippen LogP contribution in [0.2, 0.25) is 5.02 Å². The molecule has 0 bridgehead atoms. The van der Waals surface area contributed by atoms with Gasteiger partial charge in [-0.15, -0.1) is 11.3 Å². The molecule has 5 nitrogen and oxygen atoms in total. The van der Waals surface area contributed by atoms with Gasteiger partial charge in [0.05, 0.1) is 16.9 Å². The SMILES string of the molecule is CC(=O)c1cc(C(=O)N2CC[C@@H]3[C@@H](CCCN3C(=O)Cc3c(F)cccc3Cl)C2)cs1. The highest BCUT2D eigenvalue weighted by Crippen LogP contribution is 2.32. The average Bonchev–Trinajstić information content (AvgIpc) is 3.25. The third kappa shape index (κ3) is 4.53. The number of fused-ring (bicyclic) bond motifs is 1. The van der Waals surface area contributed by atoms with Gasteiger partial charge in [-0.05, 0) is 50.3 Å². The van der Waals surface area contributed by atoms with Gasteiger partial charge in [0.2, 0.25) is 5.91 Å². The minimum absolute atomic E-state index is 0.0425. The molecule has 0 N–H and O–H groups in total. The second-order valence-corrected chi connectivity index (χ2v) is 9.55. The van der Waals surface area contributed by atoms with Crippen molar-refractivity contribution in [2.24, 2.45) is 5.92 Å². The van der Waals surface area contributed by atoms with Crippen molar-refractivity contribution in [3.63, 3.8) is 0 Å². The number of thiophene rings is 1. The molecule has 2 saturated heterocycles. The summed E-state index contributed by atoms with van der Waals surface area (Å²) in [4.78, 5) is 41.8. The van der Waals surface area contributed by atoms with Crippen LogP contribution in [-0.4, -0.2) is 53.1 Å². The molecule has 2 aliphatic rings. The highest BCUT2D eigenvalue weighted by molar-refractivity contribution is 7.12. The van der Waals surface area contributed by atoms with Gasteiger partial charge < -0.3 is 9.80 Å². The largest absolute Gasteiger partial charge is 0.339 e. The van der Waals surface area contributed by atoms with Gasteiger partial charge >= 0.3 is 0 Å². The van der Waals surface area contributed by atoms with Crippen molar-refractivity contribution < 1.29 is 18.8 Å². The van der Waals surface area contributed by atoms with Crippen LogP contribution in [0, 0.1) is 11.7 Å². The molecule has 0 radical (unpaired) electrons. The number of Topliss-reactive ketones (excluding diaryl/α,β-unsaturated/α-hetero) is 1. The van der Waals surface area contributed by atoms with Crippen LogP contribution >= 0.6 is 22.9 Å². The molecule has 4 rings (SSSR count). The average molecular weight is 463 g/mol. The Bertz CT molecular complexity index is 1000. The first-order valence-corrected chi connectivity index (χ1v) is 11.7. The molecule has 8 heteroatoms. The van der Waals surface area contributed by atoms with Crippen molar-refractivity contribution in [2.75, 3.05) is 19.6 Å². The van der Waals surface area contributed by atoms with E-state index in [2.05, 4.69) is 0 Å². The molecule has 0 aliphatic carbocycles. The lowest BCUT2D eigenvalue weighted by Crippen LogP contribution is -2.57. The summed E-state index contributed by atoms with van der Waals surface area (Å²) in [6.45, 7) is 3.27. The second kappa shape index (κ2) is 9.09. The van der Waals surface area contributed by atoms with E-state index in [0.29, 0.717) is 36.5 Å². The standard InChI is InChI=1S/C23H24ClFN2O3S/c1-14(28)21-10-16(13-31-21)23(30)26-9-7-20-15(12-26)4-3-8-27(20)22(29)11-17-18(24)5-2-6-19(17)25/h2,5-6,10,13,15,20H,3-4,7-9,11-12H2,1H3/t15-,20+/m0/s1. The third-order valence-corrected chi connectivity index (χ3v) is 7.64. The Morgan fingerprint density at radius 2 is 2.03 bits per heavy atom. The molecule has 3 heterocycles. The van der Waals surface area contributed by atoms with Crippen LogP contribution in [0.5, 0.6) is 0 Å². The molecular weight excluding hydrogens is 439 g/mol. The number of carbonyl (C=O) groups excluding carboxylic acids is 3. The molecule has 0 saturated carbocycles. The van der Waals surface area contributed by atoms with Gasteiger partial charge in [0.25, 0.3) is 5.91 Å². The molecule has 0 unspecified atom stereocenters. The first kappa shape index (κ1) is 22.0. The van der Waals surface area contributed by atoms with E-state index < -0.39 is 5.82 Å². The van der Waals surface area contributed by atoms with E-state index in [4.69, 9.17) is 11.6 Å². The fourth-order valence-corrected chi connectivity index (χ4v) is 5.68. The predicted molar refractivity (Wildman–Crippen MR) is 118 cm³/mol. The number of halogens is 2. The van der Waals surface area contributed by atoms with E-state index >= 15 is 0 Å². The van der Waals surface area contributed by atoms with E-state index in [0.717, 1.165) is 12.8 Å². The van der Waals surface area contributed by atoms with Crippen molar-refractivity contribution in [1.82, 2.24) is 9.80 Å². The number of nitrogens with zero attached hydrogens (tertiary/aromatic N) is 2. The Morgan fingerprint density at radius 1 is 1.23 bits per heavy atom. The van der Waals surface area contributed by atoms with Crippen LogP contribution in [0.15, 0.2) is 29.6 Å². The molecule has 1 aromatic heterocycles. The van der Waals surface area contributed by atoms with Gasteiger partial charge in [-0.25, -0.2) is 4.39 Å². The smallest absolute Gasteiger partial charge is 0.254 e.